The average molecular weight is 369 g/mol. The third-order valence-corrected chi connectivity index (χ3v) is 3.97. The summed E-state index contributed by atoms with van der Waals surface area (Å²) in [4.78, 5) is 23.7. The number of benzene rings is 1. The molecule has 3 rings (SSSR count). The first-order chi connectivity index (χ1) is 11.0. The summed E-state index contributed by atoms with van der Waals surface area (Å²) in [5.74, 6) is 0.807. The quantitative estimate of drug-likeness (QED) is 0.666. The zero-order chi connectivity index (χ0) is 16.4. The summed E-state index contributed by atoms with van der Waals surface area (Å²) in [5.41, 5.74) is 2.17. The van der Waals surface area contributed by atoms with Gasteiger partial charge < -0.3 is 4.98 Å². The maximum absolute atomic E-state index is 12.1. The number of pyridine rings is 1. The molecule has 2 heterocycles. The molecule has 0 bridgehead atoms. The van der Waals surface area contributed by atoms with Crippen LogP contribution in [0.25, 0.3) is 11.2 Å². The van der Waals surface area contributed by atoms with E-state index >= 15 is 0 Å². The first kappa shape index (κ1) is 16.2. The van der Waals surface area contributed by atoms with Gasteiger partial charge in [0.1, 0.15) is 16.8 Å². The van der Waals surface area contributed by atoms with Crippen LogP contribution in [-0.2, 0) is 17.6 Å². The fourth-order valence-corrected chi connectivity index (χ4v) is 3.04. The van der Waals surface area contributed by atoms with Gasteiger partial charge in [0.15, 0.2) is 5.65 Å². The van der Waals surface area contributed by atoms with Crippen molar-refractivity contribution in [3.8, 4) is 0 Å². The summed E-state index contributed by atoms with van der Waals surface area (Å²) in [6.45, 7) is 0. The number of fused-ring (bicyclic) bond motifs is 1. The number of hydrogen-bond donors (Lipinski definition) is 1. The lowest BCUT2D eigenvalue weighted by Crippen LogP contribution is -2.05. The molecule has 3 aromatic rings. The minimum Gasteiger partial charge on any atom is -0.341 e. The van der Waals surface area contributed by atoms with Crippen LogP contribution < -0.4 is 0 Å². The highest BCUT2D eigenvalue weighted by molar-refractivity contribution is 6.34. The summed E-state index contributed by atoms with van der Waals surface area (Å²) < 4.78 is 0. The van der Waals surface area contributed by atoms with Gasteiger partial charge in [0.05, 0.1) is 5.52 Å². The maximum Gasteiger partial charge on any atom is 0.179 e. The molecule has 0 fully saturated rings. The third-order valence-electron chi connectivity index (χ3n) is 3.33. The van der Waals surface area contributed by atoms with Gasteiger partial charge in [-0.05, 0) is 35.9 Å². The van der Waals surface area contributed by atoms with E-state index in [4.69, 9.17) is 34.8 Å². The van der Waals surface area contributed by atoms with Gasteiger partial charge >= 0.3 is 0 Å². The Morgan fingerprint density at radius 2 is 1.78 bits per heavy atom. The van der Waals surface area contributed by atoms with Crippen LogP contribution in [0.3, 0.4) is 0 Å². The standard InChI is InChI=1S/C16H12Cl3N3O/c17-10-5-9(6-11(18)8-10)7-12(23)1-4-15-20-13-2-3-14(19)21-16(13)22-15/h2-3,5-6,8H,1,4,7H2,(H,20,21,22). The van der Waals surface area contributed by atoms with E-state index in [1.54, 1.807) is 24.3 Å². The van der Waals surface area contributed by atoms with Crippen LogP contribution in [0.1, 0.15) is 17.8 Å². The number of hydrogen-bond acceptors (Lipinski definition) is 3. The lowest BCUT2D eigenvalue weighted by molar-refractivity contribution is -0.118. The molecule has 0 spiro atoms. The summed E-state index contributed by atoms with van der Waals surface area (Å²) >= 11 is 17.7. The van der Waals surface area contributed by atoms with Gasteiger partial charge in [-0.15, -0.1) is 0 Å². The minimum atomic E-state index is 0.0924. The summed E-state index contributed by atoms with van der Waals surface area (Å²) in [6, 6.07) is 8.65. The molecule has 1 aromatic carbocycles. The zero-order valence-electron chi connectivity index (χ0n) is 11.9. The molecule has 4 nitrogen and oxygen atoms in total. The molecule has 0 aliphatic heterocycles. The summed E-state index contributed by atoms with van der Waals surface area (Å²) in [5, 5.41) is 1.45. The van der Waals surface area contributed by atoms with Gasteiger partial charge in [-0.1, -0.05) is 34.8 Å². The first-order valence-corrected chi connectivity index (χ1v) is 8.11. The Bertz CT molecular complexity index is 856. The summed E-state index contributed by atoms with van der Waals surface area (Å²) in [6.07, 6.45) is 1.18. The van der Waals surface area contributed by atoms with Gasteiger partial charge in [0.25, 0.3) is 0 Å². The molecular weight excluding hydrogens is 357 g/mol. The highest BCUT2D eigenvalue weighted by Crippen LogP contribution is 2.20. The van der Waals surface area contributed by atoms with E-state index in [1.807, 2.05) is 6.07 Å². The number of carbonyl (C=O) groups excluding carboxylic acids is 1. The maximum atomic E-state index is 12.1. The molecule has 23 heavy (non-hydrogen) atoms. The Morgan fingerprint density at radius 3 is 2.52 bits per heavy atom. The van der Waals surface area contributed by atoms with Crippen LogP contribution in [0, 0.1) is 0 Å². The Kier molecular flexibility index (Phi) is 4.85. The number of Topliss-reactive ketones (excluding diaryl/α,β-unsaturated/α-hetero) is 1. The molecule has 0 amide bonds. The van der Waals surface area contributed by atoms with Crippen molar-refractivity contribution in [2.24, 2.45) is 0 Å². The van der Waals surface area contributed by atoms with Crippen LogP contribution in [0.2, 0.25) is 15.2 Å². The predicted molar refractivity (Wildman–Crippen MR) is 92.4 cm³/mol. The number of H-pyrrole nitrogens is 1. The van der Waals surface area contributed by atoms with E-state index in [-0.39, 0.29) is 5.78 Å². The Labute approximate surface area is 147 Å². The highest BCUT2D eigenvalue weighted by Gasteiger charge is 2.09. The molecule has 7 heteroatoms. The molecule has 0 aliphatic carbocycles. The van der Waals surface area contributed by atoms with E-state index in [0.29, 0.717) is 45.9 Å². The second kappa shape index (κ2) is 6.87. The SMILES string of the molecule is O=C(CCc1nc2nc(Cl)ccc2[nH]1)Cc1cc(Cl)cc(Cl)c1. The third kappa shape index (κ3) is 4.22. The number of ketones is 1. The van der Waals surface area contributed by atoms with Gasteiger partial charge in [-0.2, -0.15) is 0 Å². The molecule has 2 aromatic heterocycles. The smallest absolute Gasteiger partial charge is 0.179 e. The Balaban J connectivity index is 1.63. The van der Waals surface area contributed by atoms with Crippen molar-refractivity contribution < 1.29 is 4.79 Å². The van der Waals surface area contributed by atoms with Crippen molar-refractivity contribution in [1.82, 2.24) is 15.0 Å². The van der Waals surface area contributed by atoms with E-state index in [0.717, 1.165) is 11.1 Å². The fourth-order valence-electron chi connectivity index (χ4n) is 2.32. The lowest BCUT2D eigenvalue weighted by atomic mass is 10.1. The second-order valence-electron chi connectivity index (χ2n) is 5.18. The van der Waals surface area contributed by atoms with Crippen LogP contribution in [0.5, 0.6) is 0 Å². The number of rotatable bonds is 5. The number of halogens is 3. The molecule has 118 valence electrons. The Hall–Kier alpha value is -1.62. The molecular formula is C16H12Cl3N3O. The van der Waals surface area contributed by atoms with Crippen molar-refractivity contribution >= 4 is 51.7 Å². The van der Waals surface area contributed by atoms with Gasteiger partial charge in [-0.3, -0.25) is 4.79 Å². The molecule has 1 N–H and O–H groups in total. The van der Waals surface area contributed by atoms with Crippen LogP contribution >= 0.6 is 34.8 Å². The van der Waals surface area contributed by atoms with Crippen molar-refractivity contribution in [1.29, 1.82) is 0 Å². The van der Waals surface area contributed by atoms with Crippen molar-refractivity contribution in [3.05, 3.63) is 56.9 Å². The monoisotopic (exact) mass is 367 g/mol. The van der Waals surface area contributed by atoms with Gasteiger partial charge in [0, 0.05) is 29.3 Å². The molecule has 0 saturated carbocycles. The highest BCUT2D eigenvalue weighted by atomic mass is 35.5. The number of nitrogens with zero attached hydrogens (tertiary/aromatic N) is 2. The first-order valence-electron chi connectivity index (χ1n) is 6.97. The van der Waals surface area contributed by atoms with E-state index in [1.165, 1.54) is 0 Å². The topological polar surface area (TPSA) is 58.6 Å². The number of aromatic amines is 1. The fraction of sp³-hybridized carbons (Fsp3) is 0.188. The van der Waals surface area contributed by atoms with Crippen molar-refractivity contribution in [2.45, 2.75) is 19.3 Å². The van der Waals surface area contributed by atoms with E-state index < -0.39 is 0 Å². The van der Waals surface area contributed by atoms with Crippen molar-refractivity contribution in [3.63, 3.8) is 0 Å². The van der Waals surface area contributed by atoms with Crippen molar-refractivity contribution in [2.75, 3.05) is 0 Å². The van der Waals surface area contributed by atoms with E-state index in [2.05, 4.69) is 15.0 Å². The van der Waals surface area contributed by atoms with Crippen LogP contribution in [-0.4, -0.2) is 20.7 Å². The zero-order valence-corrected chi connectivity index (χ0v) is 14.2. The number of imidazole rings is 1. The van der Waals surface area contributed by atoms with Gasteiger partial charge in [-0.25, -0.2) is 9.97 Å². The number of aromatic nitrogens is 3. The number of carbonyl (C=O) groups is 1. The predicted octanol–water partition coefficient (Wildman–Crippen LogP) is 4.66. The molecule has 0 aliphatic rings. The van der Waals surface area contributed by atoms with Crippen LogP contribution in [0.4, 0.5) is 0 Å². The molecule has 0 atom stereocenters. The van der Waals surface area contributed by atoms with E-state index in [9.17, 15) is 4.79 Å². The average Bonchev–Trinajstić information content (AvgIpc) is 2.86. The second-order valence-corrected chi connectivity index (χ2v) is 6.44. The van der Waals surface area contributed by atoms with Crippen LogP contribution in [0.15, 0.2) is 30.3 Å². The number of aryl methyl sites for hydroxylation is 1. The van der Waals surface area contributed by atoms with Gasteiger partial charge in [0.2, 0.25) is 0 Å². The largest absolute Gasteiger partial charge is 0.341 e. The lowest BCUT2D eigenvalue weighted by Gasteiger charge is -2.02. The molecule has 0 radical (unpaired) electrons. The summed E-state index contributed by atoms with van der Waals surface area (Å²) in [7, 11) is 0. The number of nitrogens with one attached hydrogen (secondary N) is 1. The molecule has 0 unspecified atom stereocenters. The minimum absolute atomic E-state index is 0.0924. The molecule has 0 saturated heterocycles. The Morgan fingerprint density at radius 1 is 1.04 bits per heavy atom. The normalized spacial score (nSPS) is 11.1.